The summed E-state index contributed by atoms with van der Waals surface area (Å²) in [7, 11) is 2.38. The van der Waals surface area contributed by atoms with Crippen LogP contribution < -0.4 is 5.32 Å². The second-order valence-electron chi connectivity index (χ2n) is 6.71. The summed E-state index contributed by atoms with van der Waals surface area (Å²) < 4.78 is 0. The maximum absolute atomic E-state index is 3.75. The molecular formula is C15H29ClN2. The van der Waals surface area contributed by atoms with Gasteiger partial charge in [-0.05, 0) is 51.5 Å². The lowest BCUT2D eigenvalue weighted by Gasteiger charge is -2.38. The molecule has 2 heterocycles. The van der Waals surface area contributed by atoms with E-state index in [0.717, 1.165) is 24.0 Å². The highest BCUT2D eigenvalue weighted by atomic mass is 35.5. The molecule has 2 aliphatic heterocycles. The lowest BCUT2D eigenvalue weighted by atomic mass is 9.88. The normalized spacial score (nSPS) is 36.7. The molecule has 3 aliphatic rings. The van der Waals surface area contributed by atoms with E-state index in [1.54, 1.807) is 0 Å². The van der Waals surface area contributed by atoms with E-state index in [4.69, 9.17) is 0 Å². The van der Waals surface area contributed by atoms with E-state index in [0.29, 0.717) is 0 Å². The SMILES string of the molecule is CN(CC1CCCCC1)C1CC2CCC(C1)N2.Cl. The molecule has 1 N–H and O–H groups in total. The Bertz CT molecular complexity index is 241. The van der Waals surface area contributed by atoms with Crippen LogP contribution in [-0.2, 0) is 0 Å². The van der Waals surface area contributed by atoms with Crippen LogP contribution in [0.3, 0.4) is 0 Å². The second kappa shape index (κ2) is 6.58. The Morgan fingerprint density at radius 3 is 2.17 bits per heavy atom. The predicted octanol–water partition coefficient (Wildman–Crippen LogP) is 3.20. The minimum Gasteiger partial charge on any atom is -0.311 e. The molecule has 1 aliphatic carbocycles. The molecular weight excluding hydrogens is 244 g/mol. The van der Waals surface area contributed by atoms with E-state index in [1.165, 1.54) is 64.3 Å². The van der Waals surface area contributed by atoms with Gasteiger partial charge in [-0.25, -0.2) is 0 Å². The molecule has 3 heteroatoms. The summed E-state index contributed by atoms with van der Waals surface area (Å²) in [6.45, 7) is 1.37. The van der Waals surface area contributed by atoms with Gasteiger partial charge in [0.15, 0.2) is 0 Å². The van der Waals surface area contributed by atoms with Gasteiger partial charge in [-0.1, -0.05) is 19.3 Å². The first kappa shape index (κ1) is 14.6. The number of halogens is 1. The number of hydrogen-bond acceptors (Lipinski definition) is 2. The molecule has 2 atom stereocenters. The molecule has 2 unspecified atom stereocenters. The lowest BCUT2D eigenvalue weighted by Crippen LogP contribution is -2.48. The summed E-state index contributed by atoms with van der Waals surface area (Å²) in [6, 6.07) is 2.55. The van der Waals surface area contributed by atoms with Crippen molar-refractivity contribution in [3.05, 3.63) is 0 Å². The molecule has 2 saturated heterocycles. The number of nitrogens with zero attached hydrogens (tertiary/aromatic N) is 1. The van der Waals surface area contributed by atoms with Crippen molar-refractivity contribution >= 4 is 12.4 Å². The van der Waals surface area contributed by atoms with E-state index in [-0.39, 0.29) is 12.4 Å². The number of fused-ring (bicyclic) bond motifs is 2. The topological polar surface area (TPSA) is 15.3 Å². The first-order valence-electron chi connectivity index (χ1n) is 7.77. The van der Waals surface area contributed by atoms with Crippen LogP contribution in [0.5, 0.6) is 0 Å². The average molecular weight is 273 g/mol. The van der Waals surface area contributed by atoms with Crippen molar-refractivity contribution in [1.82, 2.24) is 10.2 Å². The van der Waals surface area contributed by atoms with E-state index in [1.807, 2.05) is 0 Å². The molecule has 0 aromatic carbocycles. The fraction of sp³-hybridized carbons (Fsp3) is 1.00. The minimum absolute atomic E-state index is 0. The fourth-order valence-electron chi connectivity index (χ4n) is 4.31. The van der Waals surface area contributed by atoms with E-state index >= 15 is 0 Å². The summed E-state index contributed by atoms with van der Waals surface area (Å²) in [5.74, 6) is 1.00. The van der Waals surface area contributed by atoms with Crippen LogP contribution in [0.15, 0.2) is 0 Å². The molecule has 1 saturated carbocycles. The quantitative estimate of drug-likeness (QED) is 0.849. The molecule has 0 aromatic rings. The fourth-order valence-corrected chi connectivity index (χ4v) is 4.31. The molecule has 18 heavy (non-hydrogen) atoms. The van der Waals surface area contributed by atoms with Gasteiger partial charge >= 0.3 is 0 Å². The van der Waals surface area contributed by atoms with Gasteiger partial charge in [0, 0.05) is 24.7 Å². The lowest BCUT2D eigenvalue weighted by molar-refractivity contribution is 0.138. The minimum atomic E-state index is 0. The van der Waals surface area contributed by atoms with E-state index in [2.05, 4.69) is 17.3 Å². The summed E-state index contributed by atoms with van der Waals surface area (Å²) in [5, 5.41) is 3.75. The van der Waals surface area contributed by atoms with Gasteiger partial charge in [-0.3, -0.25) is 0 Å². The smallest absolute Gasteiger partial charge is 0.0122 e. The Labute approximate surface area is 118 Å². The Kier molecular flexibility index (Phi) is 5.35. The van der Waals surface area contributed by atoms with Crippen molar-refractivity contribution in [3.63, 3.8) is 0 Å². The second-order valence-corrected chi connectivity index (χ2v) is 6.71. The van der Waals surface area contributed by atoms with Crippen LogP contribution >= 0.6 is 12.4 Å². The monoisotopic (exact) mass is 272 g/mol. The summed E-state index contributed by atoms with van der Waals surface area (Å²) in [6.07, 6.45) is 13.1. The summed E-state index contributed by atoms with van der Waals surface area (Å²) in [5.41, 5.74) is 0. The van der Waals surface area contributed by atoms with Crippen LogP contribution in [0.1, 0.15) is 57.8 Å². The Morgan fingerprint density at radius 2 is 1.56 bits per heavy atom. The number of nitrogens with one attached hydrogen (secondary N) is 1. The van der Waals surface area contributed by atoms with Crippen LogP contribution in [0.2, 0.25) is 0 Å². The molecule has 0 spiro atoms. The number of piperidine rings is 1. The molecule has 3 fully saturated rings. The van der Waals surface area contributed by atoms with Crippen molar-refractivity contribution in [3.8, 4) is 0 Å². The van der Waals surface area contributed by atoms with Gasteiger partial charge in [-0.2, -0.15) is 0 Å². The highest BCUT2D eigenvalue weighted by molar-refractivity contribution is 5.85. The van der Waals surface area contributed by atoms with Crippen molar-refractivity contribution in [1.29, 1.82) is 0 Å². The predicted molar refractivity (Wildman–Crippen MR) is 79.4 cm³/mol. The highest BCUT2D eigenvalue weighted by Crippen LogP contribution is 2.31. The first-order chi connectivity index (χ1) is 8.31. The highest BCUT2D eigenvalue weighted by Gasteiger charge is 2.35. The van der Waals surface area contributed by atoms with Gasteiger partial charge in [0.2, 0.25) is 0 Å². The van der Waals surface area contributed by atoms with Crippen molar-refractivity contribution < 1.29 is 0 Å². The van der Waals surface area contributed by atoms with Crippen LogP contribution in [-0.4, -0.2) is 36.6 Å². The number of rotatable bonds is 3. The standard InChI is InChI=1S/C15H28N2.ClH/c1-17(11-12-5-3-2-4-6-12)15-9-13-7-8-14(10-15)16-13;/h12-16H,2-11H2,1H3;1H. The maximum Gasteiger partial charge on any atom is 0.0122 e. The third kappa shape index (κ3) is 3.40. The number of hydrogen-bond donors (Lipinski definition) is 1. The van der Waals surface area contributed by atoms with Gasteiger partial charge in [0.25, 0.3) is 0 Å². The van der Waals surface area contributed by atoms with Gasteiger partial charge in [0.05, 0.1) is 0 Å². The van der Waals surface area contributed by atoms with Crippen LogP contribution in [0.4, 0.5) is 0 Å². The first-order valence-corrected chi connectivity index (χ1v) is 7.77. The zero-order chi connectivity index (χ0) is 11.7. The Balaban J connectivity index is 0.00000120. The molecule has 2 nitrogen and oxygen atoms in total. The van der Waals surface area contributed by atoms with Gasteiger partial charge < -0.3 is 10.2 Å². The maximum atomic E-state index is 3.75. The average Bonchev–Trinajstić information content (AvgIpc) is 2.69. The summed E-state index contributed by atoms with van der Waals surface area (Å²) >= 11 is 0. The molecule has 0 radical (unpaired) electrons. The van der Waals surface area contributed by atoms with Crippen molar-refractivity contribution in [2.75, 3.05) is 13.6 Å². The van der Waals surface area contributed by atoms with Gasteiger partial charge in [0.1, 0.15) is 0 Å². The Hall–Kier alpha value is 0.210. The molecule has 0 aromatic heterocycles. The molecule has 2 bridgehead atoms. The zero-order valence-corrected chi connectivity index (χ0v) is 12.6. The largest absolute Gasteiger partial charge is 0.311 e. The molecule has 0 amide bonds. The third-order valence-corrected chi connectivity index (χ3v) is 5.34. The van der Waals surface area contributed by atoms with E-state index < -0.39 is 0 Å². The Morgan fingerprint density at radius 1 is 0.944 bits per heavy atom. The van der Waals surface area contributed by atoms with Crippen LogP contribution in [0, 0.1) is 5.92 Å². The molecule has 106 valence electrons. The van der Waals surface area contributed by atoms with Gasteiger partial charge in [-0.15, -0.1) is 12.4 Å². The van der Waals surface area contributed by atoms with Crippen LogP contribution in [0.25, 0.3) is 0 Å². The van der Waals surface area contributed by atoms with Crippen molar-refractivity contribution in [2.24, 2.45) is 5.92 Å². The third-order valence-electron chi connectivity index (χ3n) is 5.34. The molecule has 3 rings (SSSR count). The van der Waals surface area contributed by atoms with Crippen molar-refractivity contribution in [2.45, 2.75) is 75.9 Å². The summed E-state index contributed by atoms with van der Waals surface area (Å²) in [4.78, 5) is 2.70. The zero-order valence-electron chi connectivity index (χ0n) is 11.7. The van der Waals surface area contributed by atoms with E-state index in [9.17, 15) is 0 Å².